The van der Waals surface area contributed by atoms with Gasteiger partial charge in [-0.25, -0.2) is 5.06 Å². The molecular formula is C8H15NO2. The summed E-state index contributed by atoms with van der Waals surface area (Å²) in [6.45, 7) is 10.2. The third kappa shape index (κ3) is 2.72. The van der Waals surface area contributed by atoms with Crippen LogP contribution in [0.25, 0.3) is 0 Å². The van der Waals surface area contributed by atoms with Crippen molar-refractivity contribution in [1.29, 1.82) is 0 Å². The highest BCUT2D eigenvalue weighted by molar-refractivity contribution is 5.91. The van der Waals surface area contributed by atoms with Gasteiger partial charge in [0.25, 0.3) is 5.91 Å². The average molecular weight is 157 g/mol. The van der Waals surface area contributed by atoms with Crippen LogP contribution in [0, 0.1) is 0 Å². The van der Waals surface area contributed by atoms with Gasteiger partial charge in [-0.15, -0.1) is 0 Å². The number of carbonyl (C=O) groups excluding carboxylic acids is 1. The Labute approximate surface area is 67.3 Å². The normalized spacial score (nSPS) is 11.0. The Kier molecular flexibility index (Phi) is 2.82. The van der Waals surface area contributed by atoms with Crippen LogP contribution in [0.5, 0.6) is 0 Å². The van der Waals surface area contributed by atoms with Crippen LogP contribution in [0.4, 0.5) is 0 Å². The van der Waals surface area contributed by atoms with Gasteiger partial charge in [0.05, 0.1) is 5.54 Å². The predicted octanol–water partition coefficient (Wildman–Crippen LogP) is 1.58. The zero-order valence-corrected chi connectivity index (χ0v) is 7.51. The van der Waals surface area contributed by atoms with Gasteiger partial charge in [-0.3, -0.25) is 10.0 Å². The molecule has 0 aromatic carbocycles. The minimum Gasteiger partial charge on any atom is -0.285 e. The maximum atomic E-state index is 11.1. The number of rotatable bonds is 1. The number of carbonyl (C=O) groups is 1. The topological polar surface area (TPSA) is 40.5 Å². The minimum absolute atomic E-state index is 0.336. The fourth-order valence-electron chi connectivity index (χ4n) is 0.485. The molecule has 0 aliphatic rings. The van der Waals surface area contributed by atoms with Gasteiger partial charge in [0.1, 0.15) is 0 Å². The van der Waals surface area contributed by atoms with Crippen LogP contribution in [-0.2, 0) is 4.79 Å². The van der Waals surface area contributed by atoms with Crippen molar-refractivity contribution in [3.05, 3.63) is 12.2 Å². The van der Waals surface area contributed by atoms with E-state index in [0.29, 0.717) is 10.6 Å². The lowest BCUT2D eigenvalue weighted by Crippen LogP contribution is -2.43. The first-order valence-electron chi connectivity index (χ1n) is 3.45. The van der Waals surface area contributed by atoms with Crippen molar-refractivity contribution in [3.63, 3.8) is 0 Å². The van der Waals surface area contributed by atoms with E-state index in [2.05, 4.69) is 6.58 Å². The fourth-order valence-corrected chi connectivity index (χ4v) is 0.485. The van der Waals surface area contributed by atoms with Gasteiger partial charge >= 0.3 is 0 Å². The van der Waals surface area contributed by atoms with Crippen molar-refractivity contribution < 1.29 is 10.0 Å². The van der Waals surface area contributed by atoms with Gasteiger partial charge < -0.3 is 0 Å². The summed E-state index contributed by atoms with van der Waals surface area (Å²) in [4.78, 5) is 11.1. The summed E-state index contributed by atoms with van der Waals surface area (Å²) in [7, 11) is 0. The molecule has 0 aromatic heterocycles. The molecule has 0 saturated heterocycles. The standard InChI is InChI=1S/C8H15NO2/c1-6(2)7(10)9(11)8(3,4)5/h11H,1H2,2-5H3. The minimum atomic E-state index is -0.559. The highest BCUT2D eigenvalue weighted by atomic mass is 16.5. The Hall–Kier alpha value is -0.830. The lowest BCUT2D eigenvalue weighted by molar-refractivity contribution is -0.182. The highest BCUT2D eigenvalue weighted by Crippen LogP contribution is 2.12. The Morgan fingerprint density at radius 3 is 1.91 bits per heavy atom. The SMILES string of the molecule is C=C(C)C(=O)N(O)C(C)(C)C. The number of hydroxylamine groups is 2. The smallest absolute Gasteiger partial charge is 0.272 e. The molecule has 0 atom stereocenters. The molecule has 0 bridgehead atoms. The van der Waals surface area contributed by atoms with Crippen LogP contribution in [0.2, 0.25) is 0 Å². The van der Waals surface area contributed by atoms with E-state index in [9.17, 15) is 10.0 Å². The second kappa shape index (κ2) is 3.05. The molecule has 3 heteroatoms. The Morgan fingerprint density at radius 1 is 1.45 bits per heavy atom. The van der Waals surface area contributed by atoms with Gasteiger partial charge in [0, 0.05) is 5.57 Å². The molecule has 0 aliphatic heterocycles. The molecular weight excluding hydrogens is 142 g/mol. The molecule has 64 valence electrons. The van der Waals surface area contributed by atoms with E-state index in [0.717, 1.165) is 0 Å². The molecule has 3 nitrogen and oxygen atoms in total. The van der Waals surface area contributed by atoms with Crippen molar-refractivity contribution in [1.82, 2.24) is 5.06 Å². The summed E-state index contributed by atoms with van der Waals surface area (Å²) in [6.07, 6.45) is 0. The molecule has 0 heterocycles. The van der Waals surface area contributed by atoms with Crippen LogP contribution in [0.3, 0.4) is 0 Å². The predicted molar refractivity (Wildman–Crippen MR) is 43.2 cm³/mol. The Morgan fingerprint density at radius 2 is 1.82 bits per heavy atom. The molecule has 0 radical (unpaired) electrons. The molecule has 0 unspecified atom stereocenters. The van der Waals surface area contributed by atoms with Crippen molar-refractivity contribution in [2.24, 2.45) is 0 Å². The van der Waals surface area contributed by atoms with E-state index in [4.69, 9.17) is 0 Å². The Bertz CT molecular complexity index is 179. The largest absolute Gasteiger partial charge is 0.285 e. The highest BCUT2D eigenvalue weighted by Gasteiger charge is 2.24. The van der Waals surface area contributed by atoms with Crippen LogP contribution < -0.4 is 0 Å². The molecule has 0 aliphatic carbocycles. The number of nitrogens with zero attached hydrogens (tertiary/aromatic N) is 1. The van der Waals surface area contributed by atoms with Crippen molar-refractivity contribution in [2.75, 3.05) is 0 Å². The number of amides is 1. The first-order chi connectivity index (χ1) is 4.76. The van der Waals surface area contributed by atoms with Crippen molar-refractivity contribution in [2.45, 2.75) is 33.2 Å². The van der Waals surface area contributed by atoms with E-state index in [1.165, 1.54) is 0 Å². The molecule has 1 N–H and O–H groups in total. The van der Waals surface area contributed by atoms with Crippen LogP contribution in [0.15, 0.2) is 12.2 Å². The van der Waals surface area contributed by atoms with Gasteiger partial charge in [-0.2, -0.15) is 0 Å². The zero-order valence-electron chi connectivity index (χ0n) is 7.51. The van der Waals surface area contributed by atoms with Gasteiger partial charge in [0.15, 0.2) is 0 Å². The van der Waals surface area contributed by atoms with Crippen molar-refractivity contribution in [3.8, 4) is 0 Å². The second-order valence-corrected chi connectivity index (χ2v) is 3.57. The molecule has 0 spiro atoms. The van der Waals surface area contributed by atoms with Gasteiger partial charge in [-0.1, -0.05) is 6.58 Å². The zero-order chi connectivity index (χ0) is 9.23. The summed E-state index contributed by atoms with van der Waals surface area (Å²) < 4.78 is 0. The van der Waals surface area contributed by atoms with E-state index in [-0.39, 0.29) is 0 Å². The molecule has 11 heavy (non-hydrogen) atoms. The molecule has 0 rings (SSSR count). The summed E-state index contributed by atoms with van der Waals surface area (Å²) in [6, 6.07) is 0. The maximum absolute atomic E-state index is 11.1. The maximum Gasteiger partial charge on any atom is 0.272 e. The Balaban J connectivity index is 4.38. The lowest BCUT2D eigenvalue weighted by Gasteiger charge is -2.29. The first-order valence-corrected chi connectivity index (χ1v) is 3.45. The van der Waals surface area contributed by atoms with Gasteiger partial charge in [0.2, 0.25) is 0 Å². The van der Waals surface area contributed by atoms with Crippen LogP contribution in [0.1, 0.15) is 27.7 Å². The summed E-state index contributed by atoms with van der Waals surface area (Å²) >= 11 is 0. The van der Waals surface area contributed by atoms with Crippen LogP contribution >= 0.6 is 0 Å². The summed E-state index contributed by atoms with van der Waals surface area (Å²) in [5.41, 5.74) is -0.224. The molecule has 0 aromatic rings. The van der Waals surface area contributed by atoms with E-state index >= 15 is 0 Å². The van der Waals surface area contributed by atoms with Crippen LogP contribution in [-0.4, -0.2) is 21.7 Å². The first kappa shape index (κ1) is 10.2. The van der Waals surface area contributed by atoms with E-state index in [1.807, 2.05) is 0 Å². The van der Waals surface area contributed by atoms with E-state index < -0.39 is 11.4 Å². The lowest BCUT2D eigenvalue weighted by atomic mass is 10.1. The third-order valence-corrected chi connectivity index (χ3v) is 1.19. The number of hydrogen-bond donors (Lipinski definition) is 1. The number of hydrogen-bond acceptors (Lipinski definition) is 2. The van der Waals surface area contributed by atoms with E-state index in [1.54, 1.807) is 27.7 Å². The average Bonchev–Trinajstić information content (AvgIpc) is 1.82. The molecule has 1 amide bonds. The van der Waals surface area contributed by atoms with Crippen molar-refractivity contribution >= 4 is 5.91 Å². The van der Waals surface area contributed by atoms with Gasteiger partial charge in [-0.05, 0) is 27.7 Å². The summed E-state index contributed by atoms with van der Waals surface area (Å²) in [5.74, 6) is -0.433. The quantitative estimate of drug-likeness (QED) is 0.356. The molecule has 0 saturated carbocycles. The molecule has 0 fully saturated rings. The fraction of sp³-hybridized carbons (Fsp3) is 0.625. The summed E-state index contributed by atoms with van der Waals surface area (Å²) in [5, 5.41) is 9.94. The monoisotopic (exact) mass is 157 g/mol. The third-order valence-electron chi connectivity index (χ3n) is 1.19. The second-order valence-electron chi connectivity index (χ2n) is 3.57.